The Labute approximate surface area is 149 Å². The lowest BCUT2D eigenvalue weighted by atomic mass is 10.3. The van der Waals surface area contributed by atoms with Crippen LogP contribution in [0.1, 0.15) is 6.42 Å². The molecule has 0 radical (unpaired) electrons. The lowest BCUT2D eigenvalue weighted by Gasteiger charge is -2.11. The van der Waals surface area contributed by atoms with Crippen molar-refractivity contribution in [2.75, 3.05) is 11.9 Å². The van der Waals surface area contributed by atoms with Crippen molar-refractivity contribution >= 4 is 50.0 Å². The van der Waals surface area contributed by atoms with E-state index in [1.54, 1.807) is 0 Å². The summed E-state index contributed by atoms with van der Waals surface area (Å²) < 4.78 is 3.19. The van der Waals surface area contributed by atoms with E-state index in [2.05, 4.69) is 42.2 Å². The molecule has 0 aliphatic carbocycles. The van der Waals surface area contributed by atoms with E-state index in [0.29, 0.717) is 5.11 Å². The Morgan fingerprint density at radius 1 is 1.17 bits per heavy atom. The van der Waals surface area contributed by atoms with Crippen molar-refractivity contribution in [1.29, 1.82) is 0 Å². The first-order valence-corrected chi connectivity index (χ1v) is 8.63. The van der Waals surface area contributed by atoms with Gasteiger partial charge in [0.2, 0.25) is 0 Å². The van der Waals surface area contributed by atoms with Gasteiger partial charge in [-0.2, -0.15) is 0 Å². The first-order chi connectivity index (χ1) is 11.2. The summed E-state index contributed by atoms with van der Waals surface area (Å²) in [5.41, 5.74) is 3.17. The van der Waals surface area contributed by atoms with E-state index in [1.807, 2.05) is 48.8 Å². The fraction of sp³-hybridized carbons (Fsp3) is 0.176. The Morgan fingerprint density at radius 3 is 2.91 bits per heavy atom. The molecule has 4 nitrogen and oxygen atoms in total. The monoisotopic (exact) mass is 388 g/mol. The Hall–Kier alpha value is -1.92. The molecule has 0 fully saturated rings. The molecule has 0 spiro atoms. The quantitative estimate of drug-likeness (QED) is 0.508. The highest BCUT2D eigenvalue weighted by Crippen LogP contribution is 2.15. The summed E-state index contributed by atoms with van der Waals surface area (Å²) in [4.78, 5) is 4.40. The smallest absolute Gasteiger partial charge is 0.170 e. The first-order valence-electron chi connectivity index (χ1n) is 7.43. The van der Waals surface area contributed by atoms with Gasteiger partial charge in [-0.1, -0.05) is 34.1 Å². The zero-order valence-electron chi connectivity index (χ0n) is 12.5. The van der Waals surface area contributed by atoms with Gasteiger partial charge in [0, 0.05) is 23.2 Å². The molecule has 0 saturated carbocycles. The number of imidazole rings is 1. The van der Waals surface area contributed by atoms with Gasteiger partial charge in [0.05, 0.1) is 17.4 Å². The second-order valence-electron chi connectivity index (χ2n) is 5.17. The van der Waals surface area contributed by atoms with Gasteiger partial charge in [0.25, 0.3) is 0 Å². The first kappa shape index (κ1) is 16.0. The van der Waals surface area contributed by atoms with Crippen molar-refractivity contribution in [3.63, 3.8) is 0 Å². The molecule has 3 aromatic rings. The summed E-state index contributed by atoms with van der Waals surface area (Å²) in [6.07, 6.45) is 2.86. The molecule has 1 aromatic heterocycles. The maximum atomic E-state index is 5.31. The summed E-state index contributed by atoms with van der Waals surface area (Å²) in [6.45, 7) is 1.72. The minimum atomic E-state index is 0.638. The topological polar surface area (TPSA) is 41.9 Å². The van der Waals surface area contributed by atoms with Crippen LogP contribution in [0.15, 0.2) is 59.3 Å². The molecule has 0 aliphatic heterocycles. The third-order valence-electron chi connectivity index (χ3n) is 3.47. The van der Waals surface area contributed by atoms with Crippen molar-refractivity contribution in [2.24, 2.45) is 0 Å². The second-order valence-corrected chi connectivity index (χ2v) is 6.50. The van der Waals surface area contributed by atoms with Crippen molar-refractivity contribution in [3.8, 4) is 0 Å². The van der Waals surface area contributed by atoms with E-state index in [-0.39, 0.29) is 0 Å². The molecule has 0 saturated heterocycles. The maximum absolute atomic E-state index is 5.31. The van der Waals surface area contributed by atoms with Gasteiger partial charge in [0.1, 0.15) is 0 Å². The highest BCUT2D eigenvalue weighted by Gasteiger charge is 2.01. The lowest BCUT2D eigenvalue weighted by Crippen LogP contribution is -2.29. The molecule has 2 aromatic carbocycles. The number of fused-ring (bicyclic) bond motifs is 1. The number of nitrogens with one attached hydrogen (secondary N) is 2. The van der Waals surface area contributed by atoms with Crippen molar-refractivity contribution in [2.45, 2.75) is 13.0 Å². The fourth-order valence-corrected chi connectivity index (χ4v) is 3.00. The lowest BCUT2D eigenvalue weighted by molar-refractivity contribution is 0.645. The van der Waals surface area contributed by atoms with Crippen molar-refractivity contribution < 1.29 is 0 Å². The number of halogens is 1. The Kier molecular flexibility index (Phi) is 5.25. The molecule has 2 N–H and O–H groups in total. The predicted molar refractivity (Wildman–Crippen MR) is 103 cm³/mol. The number of hydrogen-bond donors (Lipinski definition) is 2. The molecular weight excluding hydrogens is 372 g/mol. The van der Waals surface area contributed by atoms with Crippen LogP contribution in [-0.4, -0.2) is 21.2 Å². The van der Waals surface area contributed by atoms with E-state index in [4.69, 9.17) is 12.2 Å². The molecule has 0 amide bonds. The number of hydrogen-bond acceptors (Lipinski definition) is 2. The molecule has 23 heavy (non-hydrogen) atoms. The number of aryl methyl sites for hydroxylation is 1. The van der Waals surface area contributed by atoms with Crippen LogP contribution in [0.4, 0.5) is 5.69 Å². The molecule has 0 unspecified atom stereocenters. The maximum Gasteiger partial charge on any atom is 0.170 e. The Morgan fingerprint density at radius 2 is 2.04 bits per heavy atom. The number of para-hydroxylation sites is 2. The van der Waals surface area contributed by atoms with Gasteiger partial charge in [0.15, 0.2) is 5.11 Å². The number of anilines is 1. The van der Waals surface area contributed by atoms with Gasteiger partial charge in [-0.05, 0) is 49.0 Å². The SMILES string of the molecule is S=C(NCCCn1cnc2ccccc21)Nc1cccc(Br)c1. The zero-order valence-corrected chi connectivity index (χ0v) is 14.9. The van der Waals surface area contributed by atoms with Crippen LogP contribution in [0, 0.1) is 0 Å². The Balaban J connectivity index is 1.45. The van der Waals surface area contributed by atoms with Gasteiger partial charge >= 0.3 is 0 Å². The average molecular weight is 389 g/mol. The number of rotatable bonds is 5. The standard InChI is InChI=1S/C17H17BrN4S/c18-13-5-3-6-14(11-13)21-17(23)19-9-4-10-22-12-20-15-7-1-2-8-16(15)22/h1-3,5-8,11-12H,4,9-10H2,(H2,19,21,23). The Bertz CT molecular complexity index is 815. The van der Waals surface area contributed by atoms with Gasteiger partial charge in [-0.3, -0.25) is 0 Å². The highest BCUT2D eigenvalue weighted by atomic mass is 79.9. The molecule has 0 bridgehead atoms. The number of benzene rings is 2. The summed E-state index contributed by atoms with van der Waals surface area (Å²) in [7, 11) is 0. The normalized spacial score (nSPS) is 10.7. The van der Waals surface area contributed by atoms with Crippen molar-refractivity contribution in [1.82, 2.24) is 14.9 Å². The third kappa shape index (κ3) is 4.30. The van der Waals surface area contributed by atoms with Crippen LogP contribution >= 0.6 is 28.1 Å². The molecule has 118 valence electrons. The van der Waals surface area contributed by atoms with E-state index < -0.39 is 0 Å². The van der Waals surface area contributed by atoms with Crippen LogP contribution in [-0.2, 0) is 6.54 Å². The van der Waals surface area contributed by atoms with Crippen LogP contribution in [0.2, 0.25) is 0 Å². The third-order valence-corrected chi connectivity index (χ3v) is 4.21. The summed E-state index contributed by atoms with van der Waals surface area (Å²) in [5, 5.41) is 7.05. The van der Waals surface area contributed by atoms with E-state index >= 15 is 0 Å². The molecule has 6 heteroatoms. The summed E-state index contributed by atoms with van der Waals surface area (Å²) >= 11 is 8.76. The number of thiocarbonyl (C=S) groups is 1. The van der Waals surface area contributed by atoms with Gasteiger partial charge in [-0.15, -0.1) is 0 Å². The van der Waals surface area contributed by atoms with Gasteiger partial charge < -0.3 is 15.2 Å². The van der Waals surface area contributed by atoms with Crippen molar-refractivity contribution in [3.05, 3.63) is 59.3 Å². The highest BCUT2D eigenvalue weighted by molar-refractivity contribution is 9.10. The minimum absolute atomic E-state index is 0.638. The van der Waals surface area contributed by atoms with E-state index in [9.17, 15) is 0 Å². The minimum Gasteiger partial charge on any atom is -0.362 e. The van der Waals surface area contributed by atoms with Crippen LogP contribution in [0.5, 0.6) is 0 Å². The molecule has 0 aliphatic rings. The molecule has 0 atom stereocenters. The van der Waals surface area contributed by atoms with E-state index in [1.165, 1.54) is 5.52 Å². The molecular formula is C17H17BrN4S. The van der Waals surface area contributed by atoms with Gasteiger partial charge in [-0.25, -0.2) is 4.98 Å². The fourth-order valence-electron chi connectivity index (χ4n) is 2.38. The van der Waals surface area contributed by atoms with E-state index in [0.717, 1.165) is 35.2 Å². The number of aromatic nitrogens is 2. The average Bonchev–Trinajstić information content (AvgIpc) is 2.95. The second kappa shape index (κ2) is 7.57. The zero-order chi connectivity index (χ0) is 16.1. The summed E-state index contributed by atoms with van der Waals surface area (Å²) in [6, 6.07) is 16.1. The summed E-state index contributed by atoms with van der Waals surface area (Å²) in [5.74, 6) is 0. The molecule has 3 rings (SSSR count). The van der Waals surface area contributed by atoms with Crippen LogP contribution in [0.25, 0.3) is 11.0 Å². The number of nitrogens with zero attached hydrogens (tertiary/aromatic N) is 2. The van der Waals surface area contributed by atoms with Crippen LogP contribution in [0.3, 0.4) is 0 Å². The van der Waals surface area contributed by atoms with Crippen LogP contribution < -0.4 is 10.6 Å². The largest absolute Gasteiger partial charge is 0.362 e. The molecule has 1 heterocycles. The predicted octanol–water partition coefficient (Wildman–Crippen LogP) is 4.18.